The Morgan fingerprint density at radius 1 is 1.62 bits per heavy atom. The zero-order chi connectivity index (χ0) is 9.68. The highest BCUT2D eigenvalue weighted by atomic mass is 35.5. The molecule has 13 heavy (non-hydrogen) atoms. The smallest absolute Gasteiger partial charge is 0.0587 e. The third-order valence-corrected chi connectivity index (χ3v) is 3.51. The van der Waals surface area contributed by atoms with Crippen LogP contribution < -0.4 is 5.32 Å². The molecule has 0 bridgehead atoms. The molecular weight excluding hydrogens is 206 g/mol. The lowest BCUT2D eigenvalue weighted by molar-refractivity contribution is 0.286. The largest absolute Gasteiger partial charge is 0.396 e. The Balaban J connectivity index is 2.32. The average Bonchev–Trinajstić information content (AvgIpc) is 2.43. The molecule has 0 saturated carbocycles. The molecule has 0 aliphatic rings. The normalized spacial score (nSPS) is 10.7. The van der Waals surface area contributed by atoms with Crippen LogP contribution in [0.15, 0.2) is 5.38 Å². The van der Waals surface area contributed by atoms with Gasteiger partial charge in [0.2, 0.25) is 0 Å². The van der Waals surface area contributed by atoms with Crippen LogP contribution in [0.4, 0.5) is 0 Å². The molecule has 0 aliphatic carbocycles. The monoisotopic (exact) mass is 219 g/mol. The van der Waals surface area contributed by atoms with Gasteiger partial charge in [-0.15, -0.1) is 11.3 Å². The van der Waals surface area contributed by atoms with E-state index in [1.54, 1.807) is 11.3 Å². The summed E-state index contributed by atoms with van der Waals surface area (Å²) in [6.45, 7) is 3.89. The van der Waals surface area contributed by atoms with Crippen LogP contribution >= 0.6 is 22.9 Å². The van der Waals surface area contributed by atoms with E-state index in [0.29, 0.717) is 0 Å². The second-order valence-corrected chi connectivity index (χ2v) is 4.25. The maximum Gasteiger partial charge on any atom is 0.0587 e. The van der Waals surface area contributed by atoms with Crippen molar-refractivity contribution in [3.05, 3.63) is 20.8 Å². The Morgan fingerprint density at radius 2 is 2.38 bits per heavy atom. The second kappa shape index (κ2) is 5.60. The number of aliphatic hydroxyl groups excluding tert-OH is 1. The maximum atomic E-state index is 8.56. The molecule has 0 atom stereocenters. The molecule has 1 aromatic rings. The van der Waals surface area contributed by atoms with Gasteiger partial charge in [-0.2, -0.15) is 0 Å². The van der Waals surface area contributed by atoms with E-state index in [1.807, 2.05) is 6.92 Å². The lowest BCUT2D eigenvalue weighted by atomic mass is 10.3. The Morgan fingerprint density at radius 3 is 2.92 bits per heavy atom. The van der Waals surface area contributed by atoms with Gasteiger partial charge in [-0.25, -0.2) is 0 Å². The molecule has 0 aromatic carbocycles. The summed E-state index contributed by atoms with van der Waals surface area (Å²) in [7, 11) is 0. The van der Waals surface area contributed by atoms with Crippen LogP contribution in [0.25, 0.3) is 0 Å². The topological polar surface area (TPSA) is 32.3 Å². The molecule has 1 aromatic heterocycles. The second-order valence-electron chi connectivity index (χ2n) is 2.91. The predicted octanol–water partition coefficient (Wildman–Crippen LogP) is 2.18. The quantitative estimate of drug-likeness (QED) is 0.745. The Kier molecular flexibility index (Phi) is 4.73. The number of aliphatic hydroxyl groups is 1. The molecule has 0 unspecified atom stereocenters. The minimum Gasteiger partial charge on any atom is -0.396 e. The lowest BCUT2D eigenvalue weighted by Gasteiger charge is -2.01. The molecule has 0 fully saturated rings. The summed E-state index contributed by atoms with van der Waals surface area (Å²) >= 11 is 7.72. The highest BCUT2D eigenvalue weighted by Gasteiger charge is 2.04. The summed E-state index contributed by atoms with van der Waals surface area (Å²) in [5.41, 5.74) is 1.14. The standard InChI is InChI=1S/C9H14ClNOS/c1-7-6-13-8(9(7)10)5-11-3-2-4-12/h6,11-12H,2-5H2,1H3. The Labute approximate surface area is 87.5 Å². The molecule has 0 saturated heterocycles. The highest BCUT2D eigenvalue weighted by molar-refractivity contribution is 7.10. The van der Waals surface area contributed by atoms with E-state index in [2.05, 4.69) is 10.7 Å². The van der Waals surface area contributed by atoms with Gasteiger partial charge in [-0.1, -0.05) is 11.6 Å². The van der Waals surface area contributed by atoms with Crippen molar-refractivity contribution in [1.29, 1.82) is 0 Å². The molecule has 1 heterocycles. The van der Waals surface area contributed by atoms with Gasteiger partial charge in [0.15, 0.2) is 0 Å². The van der Waals surface area contributed by atoms with Gasteiger partial charge in [0.05, 0.1) is 5.02 Å². The van der Waals surface area contributed by atoms with Gasteiger partial charge in [-0.05, 0) is 30.8 Å². The minimum absolute atomic E-state index is 0.240. The first-order chi connectivity index (χ1) is 6.25. The maximum absolute atomic E-state index is 8.56. The number of hydrogen-bond donors (Lipinski definition) is 2. The molecule has 4 heteroatoms. The van der Waals surface area contributed by atoms with Gasteiger partial charge in [0, 0.05) is 18.0 Å². The number of rotatable bonds is 5. The summed E-state index contributed by atoms with van der Waals surface area (Å²) in [6, 6.07) is 0. The van der Waals surface area contributed by atoms with E-state index in [1.165, 1.54) is 4.88 Å². The van der Waals surface area contributed by atoms with Gasteiger partial charge in [0.1, 0.15) is 0 Å². The van der Waals surface area contributed by atoms with Crippen molar-refractivity contribution in [2.45, 2.75) is 19.9 Å². The first-order valence-corrected chi connectivity index (χ1v) is 5.55. The van der Waals surface area contributed by atoms with Crippen molar-refractivity contribution >= 4 is 22.9 Å². The van der Waals surface area contributed by atoms with Crippen LogP contribution in [0, 0.1) is 6.92 Å². The number of thiophene rings is 1. The molecule has 0 amide bonds. The number of nitrogens with one attached hydrogen (secondary N) is 1. The molecule has 2 N–H and O–H groups in total. The number of halogens is 1. The van der Waals surface area contributed by atoms with Crippen LogP contribution in [0.2, 0.25) is 5.02 Å². The molecule has 0 spiro atoms. The summed E-state index contributed by atoms with van der Waals surface area (Å²) < 4.78 is 0. The Bertz CT molecular complexity index is 262. The minimum atomic E-state index is 0.240. The van der Waals surface area contributed by atoms with E-state index in [-0.39, 0.29) is 6.61 Å². The van der Waals surface area contributed by atoms with E-state index >= 15 is 0 Å². The molecular formula is C9H14ClNOS. The van der Waals surface area contributed by atoms with Crippen molar-refractivity contribution in [1.82, 2.24) is 5.32 Å². The van der Waals surface area contributed by atoms with Crippen LogP contribution in [-0.2, 0) is 6.54 Å². The summed E-state index contributed by atoms with van der Waals surface area (Å²) in [4.78, 5) is 1.18. The molecule has 2 nitrogen and oxygen atoms in total. The van der Waals surface area contributed by atoms with E-state index in [9.17, 15) is 0 Å². The first kappa shape index (κ1) is 11.0. The Hall–Kier alpha value is -0.0900. The van der Waals surface area contributed by atoms with Gasteiger partial charge in [-0.3, -0.25) is 0 Å². The van der Waals surface area contributed by atoms with Crippen LogP contribution in [-0.4, -0.2) is 18.3 Å². The fourth-order valence-electron chi connectivity index (χ4n) is 1.01. The van der Waals surface area contributed by atoms with Crippen molar-refractivity contribution in [3.63, 3.8) is 0 Å². The van der Waals surface area contributed by atoms with Crippen molar-refractivity contribution < 1.29 is 5.11 Å². The van der Waals surface area contributed by atoms with E-state index < -0.39 is 0 Å². The SMILES string of the molecule is Cc1csc(CNCCCO)c1Cl. The lowest BCUT2D eigenvalue weighted by Crippen LogP contribution is -2.15. The summed E-state index contributed by atoms with van der Waals surface area (Å²) in [5, 5.41) is 14.7. The fourth-order valence-corrected chi connectivity index (χ4v) is 2.21. The predicted molar refractivity (Wildman–Crippen MR) is 57.5 cm³/mol. The van der Waals surface area contributed by atoms with Crippen molar-refractivity contribution in [2.24, 2.45) is 0 Å². The van der Waals surface area contributed by atoms with Gasteiger partial charge in [0.25, 0.3) is 0 Å². The zero-order valence-corrected chi connectivity index (χ0v) is 9.21. The van der Waals surface area contributed by atoms with E-state index in [0.717, 1.165) is 30.1 Å². The highest BCUT2D eigenvalue weighted by Crippen LogP contribution is 2.26. The molecule has 0 aliphatic heterocycles. The van der Waals surface area contributed by atoms with Gasteiger partial charge >= 0.3 is 0 Å². The van der Waals surface area contributed by atoms with Crippen molar-refractivity contribution in [2.75, 3.05) is 13.2 Å². The number of aryl methyl sites for hydroxylation is 1. The molecule has 1 rings (SSSR count). The first-order valence-electron chi connectivity index (χ1n) is 4.29. The summed E-state index contributed by atoms with van der Waals surface area (Å²) in [5.74, 6) is 0. The fraction of sp³-hybridized carbons (Fsp3) is 0.556. The molecule has 74 valence electrons. The van der Waals surface area contributed by atoms with Crippen molar-refractivity contribution in [3.8, 4) is 0 Å². The van der Waals surface area contributed by atoms with Crippen LogP contribution in [0.3, 0.4) is 0 Å². The van der Waals surface area contributed by atoms with E-state index in [4.69, 9.17) is 16.7 Å². The number of hydrogen-bond acceptors (Lipinski definition) is 3. The van der Waals surface area contributed by atoms with Gasteiger partial charge < -0.3 is 10.4 Å². The third kappa shape index (κ3) is 3.27. The van der Waals surface area contributed by atoms with Crippen LogP contribution in [0.1, 0.15) is 16.9 Å². The zero-order valence-electron chi connectivity index (χ0n) is 7.64. The third-order valence-electron chi connectivity index (χ3n) is 1.77. The van der Waals surface area contributed by atoms with Crippen LogP contribution in [0.5, 0.6) is 0 Å². The average molecular weight is 220 g/mol. The summed E-state index contributed by atoms with van der Waals surface area (Å²) in [6.07, 6.45) is 0.794. The molecule has 0 radical (unpaired) electrons.